The molecule has 1 aliphatic carbocycles. The molecule has 0 radical (unpaired) electrons. The number of hydrogen-bond acceptors (Lipinski definition) is 2. The molecule has 0 spiro atoms. The van der Waals surface area contributed by atoms with E-state index < -0.39 is 17.6 Å². The van der Waals surface area contributed by atoms with Crippen LogP contribution in [0.3, 0.4) is 0 Å². The molecule has 7 heteroatoms. The largest absolute Gasteiger partial charge is 0.416 e. The topological polar surface area (TPSA) is 58.2 Å². The molecular weight excluding hydrogens is 345 g/mol. The van der Waals surface area contributed by atoms with E-state index in [9.17, 15) is 22.8 Å². The number of alkyl halides is 3. The number of benzene rings is 1. The van der Waals surface area contributed by atoms with Crippen LogP contribution < -0.4 is 10.6 Å². The van der Waals surface area contributed by atoms with E-state index in [0.29, 0.717) is 24.7 Å². The van der Waals surface area contributed by atoms with Crippen LogP contribution in [-0.4, -0.2) is 23.9 Å². The molecule has 1 heterocycles. The number of amides is 2. The molecule has 3 rings (SSSR count). The second kappa shape index (κ2) is 7.29. The molecule has 2 N–H and O–H groups in total. The smallest absolute Gasteiger partial charge is 0.353 e. The first-order valence-electron chi connectivity index (χ1n) is 9.05. The van der Waals surface area contributed by atoms with E-state index in [1.165, 1.54) is 12.1 Å². The zero-order valence-corrected chi connectivity index (χ0v) is 14.6. The Labute approximate surface area is 150 Å². The Morgan fingerprint density at radius 1 is 1.31 bits per heavy atom. The van der Waals surface area contributed by atoms with Gasteiger partial charge < -0.3 is 10.6 Å². The van der Waals surface area contributed by atoms with Gasteiger partial charge in [0, 0.05) is 24.1 Å². The molecule has 2 amide bonds. The van der Waals surface area contributed by atoms with E-state index in [4.69, 9.17) is 0 Å². The predicted octanol–water partition coefficient (Wildman–Crippen LogP) is 3.52. The summed E-state index contributed by atoms with van der Waals surface area (Å²) in [6, 6.07) is 4.32. The van der Waals surface area contributed by atoms with Gasteiger partial charge in [0.2, 0.25) is 5.91 Å². The Kier molecular flexibility index (Phi) is 5.25. The minimum absolute atomic E-state index is 0.000984. The van der Waals surface area contributed by atoms with Crippen molar-refractivity contribution in [3.05, 3.63) is 35.4 Å². The summed E-state index contributed by atoms with van der Waals surface area (Å²) in [5, 5.41) is 5.85. The number of fused-ring (bicyclic) bond motifs is 1. The molecule has 2 fully saturated rings. The van der Waals surface area contributed by atoms with Gasteiger partial charge in [-0.1, -0.05) is 19.4 Å². The number of nitrogens with one attached hydrogen (secondary N) is 2. The molecule has 1 saturated heterocycles. The lowest BCUT2D eigenvalue weighted by Gasteiger charge is -2.44. The number of hydrogen-bond donors (Lipinski definition) is 2. The van der Waals surface area contributed by atoms with Gasteiger partial charge in [0.15, 0.2) is 0 Å². The molecule has 4 atom stereocenters. The SMILES string of the molecule is CCC1CC(=O)NC2CC(NC(=O)c3cccc(C(F)(F)F)c3)CCC12. The van der Waals surface area contributed by atoms with Gasteiger partial charge in [0.05, 0.1) is 5.56 Å². The van der Waals surface area contributed by atoms with Crippen LogP contribution >= 0.6 is 0 Å². The Hall–Kier alpha value is -2.05. The van der Waals surface area contributed by atoms with Crippen molar-refractivity contribution in [2.45, 2.75) is 57.3 Å². The summed E-state index contributed by atoms with van der Waals surface area (Å²) >= 11 is 0. The van der Waals surface area contributed by atoms with Crippen molar-refractivity contribution < 1.29 is 22.8 Å². The van der Waals surface area contributed by atoms with Gasteiger partial charge >= 0.3 is 6.18 Å². The van der Waals surface area contributed by atoms with Crippen molar-refractivity contribution in [2.24, 2.45) is 11.8 Å². The van der Waals surface area contributed by atoms with Crippen LogP contribution in [0.2, 0.25) is 0 Å². The zero-order chi connectivity index (χ0) is 18.9. The summed E-state index contributed by atoms with van der Waals surface area (Å²) in [7, 11) is 0. The van der Waals surface area contributed by atoms with E-state index in [0.717, 1.165) is 31.4 Å². The summed E-state index contributed by atoms with van der Waals surface area (Å²) < 4.78 is 38.4. The van der Waals surface area contributed by atoms with Crippen LogP contribution in [0.4, 0.5) is 13.2 Å². The highest BCUT2D eigenvalue weighted by atomic mass is 19.4. The van der Waals surface area contributed by atoms with Crippen LogP contribution in [0.25, 0.3) is 0 Å². The summed E-state index contributed by atoms with van der Waals surface area (Å²) in [4.78, 5) is 24.2. The Morgan fingerprint density at radius 2 is 2.08 bits per heavy atom. The summed E-state index contributed by atoms with van der Waals surface area (Å²) in [5.74, 6) is 0.324. The molecule has 4 nitrogen and oxygen atoms in total. The van der Waals surface area contributed by atoms with E-state index in [2.05, 4.69) is 17.6 Å². The number of piperidine rings is 1. The van der Waals surface area contributed by atoms with Gasteiger partial charge in [-0.15, -0.1) is 0 Å². The second-order valence-electron chi connectivity index (χ2n) is 7.27. The predicted molar refractivity (Wildman–Crippen MR) is 90.4 cm³/mol. The fraction of sp³-hybridized carbons (Fsp3) is 0.579. The first kappa shape index (κ1) is 18.7. The molecular formula is C19H23F3N2O2. The average molecular weight is 368 g/mol. The highest BCUT2D eigenvalue weighted by molar-refractivity contribution is 5.94. The monoisotopic (exact) mass is 368 g/mol. The highest BCUT2D eigenvalue weighted by Crippen LogP contribution is 2.37. The Bertz CT molecular complexity index is 690. The molecule has 4 unspecified atom stereocenters. The van der Waals surface area contributed by atoms with E-state index in [1.807, 2.05) is 0 Å². The second-order valence-corrected chi connectivity index (χ2v) is 7.27. The van der Waals surface area contributed by atoms with Gasteiger partial charge in [-0.3, -0.25) is 9.59 Å². The number of rotatable bonds is 3. The van der Waals surface area contributed by atoms with Crippen LogP contribution in [0.1, 0.15) is 54.9 Å². The van der Waals surface area contributed by atoms with Crippen LogP contribution in [0.5, 0.6) is 0 Å². The molecule has 1 aromatic carbocycles. The molecule has 1 aromatic rings. The first-order valence-corrected chi connectivity index (χ1v) is 9.05. The van der Waals surface area contributed by atoms with E-state index in [-0.39, 0.29) is 23.6 Å². The number of carbonyl (C=O) groups is 2. The van der Waals surface area contributed by atoms with Crippen molar-refractivity contribution >= 4 is 11.8 Å². The zero-order valence-electron chi connectivity index (χ0n) is 14.6. The maximum absolute atomic E-state index is 12.8. The maximum atomic E-state index is 12.8. The van der Waals surface area contributed by atoms with Crippen molar-refractivity contribution in [3.63, 3.8) is 0 Å². The van der Waals surface area contributed by atoms with Gasteiger partial charge in [0.1, 0.15) is 0 Å². The molecule has 142 valence electrons. The molecule has 26 heavy (non-hydrogen) atoms. The minimum Gasteiger partial charge on any atom is -0.353 e. The van der Waals surface area contributed by atoms with Gasteiger partial charge in [-0.25, -0.2) is 0 Å². The highest BCUT2D eigenvalue weighted by Gasteiger charge is 2.40. The first-order chi connectivity index (χ1) is 12.3. The van der Waals surface area contributed by atoms with Crippen LogP contribution in [0.15, 0.2) is 24.3 Å². The summed E-state index contributed by atoms with van der Waals surface area (Å²) in [6.45, 7) is 2.09. The molecule has 0 aromatic heterocycles. The fourth-order valence-corrected chi connectivity index (χ4v) is 4.26. The normalized spacial score (nSPS) is 28.8. The van der Waals surface area contributed by atoms with Crippen molar-refractivity contribution in [2.75, 3.05) is 0 Å². The summed E-state index contributed by atoms with van der Waals surface area (Å²) in [6.07, 6.45) is -0.669. The standard InChI is InChI=1S/C19H23F3N2O2/c1-2-11-9-17(25)24-16-10-14(6-7-15(11)16)23-18(26)12-4-3-5-13(8-12)19(20,21)22/h3-5,8,11,14-16H,2,6-7,9-10H2,1H3,(H,23,26)(H,24,25). The van der Waals surface area contributed by atoms with Gasteiger partial charge in [-0.2, -0.15) is 13.2 Å². The molecule has 0 bridgehead atoms. The fourth-order valence-electron chi connectivity index (χ4n) is 4.26. The third kappa shape index (κ3) is 4.02. The third-order valence-electron chi connectivity index (χ3n) is 5.61. The van der Waals surface area contributed by atoms with Crippen molar-refractivity contribution in [1.82, 2.24) is 10.6 Å². The van der Waals surface area contributed by atoms with Crippen molar-refractivity contribution in [3.8, 4) is 0 Å². The molecule has 2 aliphatic rings. The number of carbonyl (C=O) groups excluding carboxylic acids is 2. The Balaban J connectivity index is 1.65. The van der Waals surface area contributed by atoms with Crippen molar-refractivity contribution in [1.29, 1.82) is 0 Å². The van der Waals surface area contributed by atoms with Gasteiger partial charge in [0.25, 0.3) is 5.91 Å². The Morgan fingerprint density at radius 3 is 2.77 bits per heavy atom. The van der Waals surface area contributed by atoms with Gasteiger partial charge in [-0.05, 0) is 49.3 Å². The number of halogens is 3. The third-order valence-corrected chi connectivity index (χ3v) is 5.61. The van der Waals surface area contributed by atoms with E-state index >= 15 is 0 Å². The van der Waals surface area contributed by atoms with Crippen LogP contribution in [-0.2, 0) is 11.0 Å². The average Bonchev–Trinajstić information content (AvgIpc) is 2.60. The lowest BCUT2D eigenvalue weighted by atomic mass is 9.70. The molecule has 1 saturated carbocycles. The minimum atomic E-state index is -4.48. The molecule has 1 aliphatic heterocycles. The quantitative estimate of drug-likeness (QED) is 0.858. The lowest BCUT2D eigenvalue weighted by Crippen LogP contribution is -2.55. The maximum Gasteiger partial charge on any atom is 0.416 e. The van der Waals surface area contributed by atoms with Crippen LogP contribution in [0, 0.1) is 11.8 Å². The van der Waals surface area contributed by atoms with E-state index in [1.54, 1.807) is 0 Å². The summed E-state index contributed by atoms with van der Waals surface area (Å²) in [5.41, 5.74) is -0.833. The lowest BCUT2D eigenvalue weighted by molar-refractivity contribution is -0.137.